The number of fused-ring (bicyclic) bond motifs is 3. The van der Waals surface area contributed by atoms with Gasteiger partial charge in [-0.2, -0.15) is 0 Å². The van der Waals surface area contributed by atoms with Gasteiger partial charge in [-0.3, -0.25) is 14.6 Å². The number of carbonyl (C=O) groups is 2. The van der Waals surface area contributed by atoms with Crippen molar-refractivity contribution >= 4 is 11.9 Å². The number of phenols is 1. The highest BCUT2D eigenvalue weighted by Gasteiger charge is 2.80. The molecule has 194 valence electrons. The van der Waals surface area contributed by atoms with Crippen LogP contribution in [0.15, 0.2) is 18.2 Å². The van der Waals surface area contributed by atoms with Crippen LogP contribution >= 0.6 is 0 Å². The molecule has 1 aromatic carbocycles. The first kappa shape index (κ1) is 25.9. The summed E-state index contributed by atoms with van der Waals surface area (Å²) in [6.45, 7) is 9.12. The quantitative estimate of drug-likeness (QED) is 0.470. The van der Waals surface area contributed by atoms with Crippen LogP contribution in [0, 0.1) is 0 Å². The van der Waals surface area contributed by atoms with E-state index in [9.17, 15) is 19.8 Å². The van der Waals surface area contributed by atoms with E-state index >= 15 is 0 Å². The van der Waals surface area contributed by atoms with E-state index in [1.54, 1.807) is 19.1 Å². The third-order valence-electron chi connectivity index (χ3n) is 8.65. The number of nitrogens with one attached hydrogen (secondary N) is 1. The van der Waals surface area contributed by atoms with Gasteiger partial charge in [0.15, 0.2) is 0 Å². The second-order valence-corrected chi connectivity index (χ2v) is 11.0. The third-order valence-corrected chi connectivity index (χ3v) is 8.65. The predicted molar refractivity (Wildman–Crippen MR) is 136 cm³/mol. The Morgan fingerprint density at radius 1 is 1.20 bits per heavy atom. The maximum Gasteiger partial charge on any atom is 0.324 e. The lowest BCUT2D eigenvalue weighted by Gasteiger charge is -2.61. The van der Waals surface area contributed by atoms with Crippen LogP contribution in [0.2, 0.25) is 0 Å². The van der Waals surface area contributed by atoms with Gasteiger partial charge in [0.05, 0.1) is 11.6 Å². The fourth-order valence-electron chi connectivity index (χ4n) is 7.56. The van der Waals surface area contributed by atoms with E-state index in [0.717, 1.165) is 43.6 Å². The first-order chi connectivity index (χ1) is 16.6. The Morgan fingerprint density at radius 2 is 1.94 bits per heavy atom. The number of urea groups is 1. The van der Waals surface area contributed by atoms with Gasteiger partial charge in [-0.15, -0.1) is 0 Å². The molecule has 4 atom stereocenters. The number of amides is 3. The Labute approximate surface area is 209 Å². The molecule has 1 heterocycles. The summed E-state index contributed by atoms with van der Waals surface area (Å²) < 4.78 is 0. The lowest BCUT2D eigenvalue weighted by molar-refractivity contribution is -0.148. The number of rotatable bonds is 10. The summed E-state index contributed by atoms with van der Waals surface area (Å²) in [7, 11) is 4.14. The van der Waals surface area contributed by atoms with E-state index in [1.807, 2.05) is 13.0 Å². The third kappa shape index (κ3) is 3.76. The Hall–Kier alpha value is -2.16. The fourth-order valence-corrected chi connectivity index (χ4v) is 7.56. The summed E-state index contributed by atoms with van der Waals surface area (Å²) in [5.74, 6) is -0.132. The van der Waals surface area contributed by atoms with E-state index < -0.39 is 17.0 Å². The van der Waals surface area contributed by atoms with Crippen molar-refractivity contribution in [2.45, 2.75) is 75.3 Å². The number of benzene rings is 1. The molecule has 0 aromatic heterocycles. The van der Waals surface area contributed by atoms with Crippen LogP contribution < -0.4 is 5.32 Å². The molecule has 0 radical (unpaired) electrons. The molecule has 4 unspecified atom stereocenters. The van der Waals surface area contributed by atoms with Crippen molar-refractivity contribution in [3.05, 3.63) is 29.3 Å². The van der Waals surface area contributed by atoms with E-state index in [2.05, 4.69) is 36.1 Å². The molecule has 1 saturated carbocycles. The fraction of sp³-hybridized carbons (Fsp3) is 0.704. The summed E-state index contributed by atoms with van der Waals surface area (Å²) in [5.41, 5.74) is -0.144. The minimum Gasteiger partial charge on any atom is -0.508 e. The van der Waals surface area contributed by atoms with Crippen molar-refractivity contribution in [3.63, 3.8) is 0 Å². The molecule has 8 heteroatoms. The van der Waals surface area contributed by atoms with Gasteiger partial charge in [-0.1, -0.05) is 19.4 Å². The van der Waals surface area contributed by atoms with Crippen LogP contribution in [0.3, 0.4) is 0 Å². The Kier molecular flexibility index (Phi) is 6.94. The van der Waals surface area contributed by atoms with Crippen molar-refractivity contribution in [3.8, 4) is 5.75 Å². The highest BCUT2D eigenvalue weighted by Crippen LogP contribution is 2.72. The minimum atomic E-state index is -1.12. The van der Waals surface area contributed by atoms with E-state index in [0.29, 0.717) is 19.4 Å². The summed E-state index contributed by atoms with van der Waals surface area (Å²) in [6.07, 6.45) is 3.08. The van der Waals surface area contributed by atoms with Crippen LogP contribution in [0.1, 0.15) is 64.0 Å². The number of likely N-dealkylation sites (tertiary alicyclic amines) is 1. The van der Waals surface area contributed by atoms with Crippen molar-refractivity contribution in [1.29, 1.82) is 0 Å². The van der Waals surface area contributed by atoms with E-state index in [-0.39, 0.29) is 36.1 Å². The largest absolute Gasteiger partial charge is 0.508 e. The van der Waals surface area contributed by atoms with Crippen molar-refractivity contribution in [2.24, 2.45) is 0 Å². The maximum absolute atomic E-state index is 13.6. The Morgan fingerprint density at radius 3 is 2.57 bits per heavy atom. The molecule has 4 rings (SSSR count). The molecule has 1 aliphatic heterocycles. The molecule has 2 fully saturated rings. The smallest absolute Gasteiger partial charge is 0.324 e. The summed E-state index contributed by atoms with van der Waals surface area (Å²) in [6, 6.07) is 5.01. The SMILES string of the molecule is CCCC1(O)C2N(CCCN(C)C)CC23CC1(CC(=O)N(CC)C(=O)NCC)c1cc(O)ccc13. The number of aromatic hydroxyl groups is 1. The molecule has 35 heavy (non-hydrogen) atoms. The van der Waals surface area contributed by atoms with Crippen molar-refractivity contribution < 1.29 is 19.8 Å². The molecule has 3 N–H and O–H groups in total. The summed E-state index contributed by atoms with van der Waals surface area (Å²) in [4.78, 5) is 32.1. The number of aliphatic hydroxyl groups is 1. The number of hydrogen-bond acceptors (Lipinski definition) is 6. The first-order valence-corrected chi connectivity index (χ1v) is 13.1. The number of phenolic OH excluding ortho intramolecular Hbond substituents is 1. The second-order valence-electron chi connectivity index (χ2n) is 11.0. The number of imide groups is 1. The van der Waals surface area contributed by atoms with Gasteiger partial charge >= 0.3 is 6.03 Å². The van der Waals surface area contributed by atoms with Crippen LogP contribution in [0.25, 0.3) is 0 Å². The van der Waals surface area contributed by atoms with E-state index in [1.165, 1.54) is 4.90 Å². The molecule has 1 spiro atoms. The number of hydrogen-bond donors (Lipinski definition) is 3. The Bertz CT molecular complexity index is 984. The maximum atomic E-state index is 13.6. The summed E-state index contributed by atoms with van der Waals surface area (Å²) in [5, 5.41) is 25.7. The molecule has 1 aromatic rings. The molecular formula is C27H42N4O4. The normalized spacial score (nSPS) is 30.7. The lowest BCUT2D eigenvalue weighted by Crippen LogP contribution is -2.74. The predicted octanol–water partition coefficient (Wildman–Crippen LogP) is 2.42. The monoisotopic (exact) mass is 486 g/mol. The van der Waals surface area contributed by atoms with Crippen molar-refractivity contribution in [2.75, 3.05) is 46.8 Å². The average Bonchev–Trinajstić information content (AvgIpc) is 3.13. The van der Waals surface area contributed by atoms with Gasteiger partial charge in [0.1, 0.15) is 5.75 Å². The Balaban J connectivity index is 1.75. The molecule has 3 amide bonds. The zero-order chi connectivity index (χ0) is 25.6. The first-order valence-electron chi connectivity index (χ1n) is 13.1. The van der Waals surface area contributed by atoms with Crippen LogP contribution in [-0.4, -0.2) is 95.3 Å². The molecule has 2 bridgehead atoms. The van der Waals surface area contributed by atoms with Gasteiger partial charge in [-0.05, 0) is 83.6 Å². The van der Waals surface area contributed by atoms with Crippen LogP contribution in [0.5, 0.6) is 5.75 Å². The molecule has 8 nitrogen and oxygen atoms in total. The topological polar surface area (TPSA) is 96.4 Å². The molecule has 1 saturated heterocycles. The van der Waals surface area contributed by atoms with Crippen LogP contribution in [0.4, 0.5) is 4.79 Å². The second kappa shape index (κ2) is 9.37. The summed E-state index contributed by atoms with van der Waals surface area (Å²) >= 11 is 0. The number of carbonyl (C=O) groups excluding carboxylic acids is 2. The molecular weight excluding hydrogens is 444 g/mol. The highest BCUT2D eigenvalue weighted by atomic mass is 16.3. The number of nitrogens with zero attached hydrogens (tertiary/aromatic N) is 3. The molecule has 2 aliphatic carbocycles. The average molecular weight is 487 g/mol. The lowest BCUT2D eigenvalue weighted by atomic mass is 9.58. The van der Waals surface area contributed by atoms with Gasteiger partial charge in [0, 0.05) is 36.9 Å². The zero-order valence-electron chi connectivity index (χ0n) is 21.9. The van der Waals surface area contributed by atoms with Gasteiger partial charge in [0.25, 0.3) is 0 Å². The van der Waals surface area contributed by atoms with Gasteiger partial charge in [0.2, 0.25) is 5.91 Å². The zero-order valence-corrected chi connectivity index (χ0v) is 21.9. The standard InChI is InChI=1S/C27H42N4O4/c1-6-12-27(35)23-25(18-30(23)14-9-13-29(4)5)17-26(27,21-15-19(32)10-11-20(21)25)16-22(33)31(8-3)24(34)28-7-2/h10-11,15,23,32,35H,6-9,12-14,16-18H2,1-5H3,(H,28,34). The van der Waals surface area contributed by atoms with Gasteiger partial charge < -0.3 is 20.4 Å². The van der Waals surface area contributed by atoms with E-state index in [4.69, 9.17) is 0 Å². The highest BCUT2D eigenvalue weighted by molar-refractivity contribution is 5.95. The minimum absolute atomic E-state index is 0.0503. The van der Waals surface area contributed by atoms with Gasteiger partial charge in [-0.25, -0.2) is 4.79 Å². The van der Waals surface area contributed by atoms with Crippen LogP contribution in [-0.2, 0) is 15.6 Å². The van der Waals surface area contributed by atoms with Crippen molar-refractivity contribution in [1.82, 2.24) is 20.0 Å². The molecule has 3 aliphatic rings.